The first-order valence-electron chi connectivity index (χ1n) is 13.1. The van der Waals surface area contributed by atoms with E-state index in [1.54, 1.807) is 0 Å². The summed E-state index contributed by atoms with van der Waals surface area (Å²) < 4.78 is 5.45. The molecule has 0 aromatic rings. The van der Waals surface area contributed by atoms with E-state index in [9.17, 15) is 9.59 Å². The fourth-order valence-corrected chi connectivity index (χ4v) is 8.03. The Morgan fingerprint density at radius 3 is 2.16 bits per heavy atom. The molecule has 5 aliphatic carbocycles. The summed E-state index contributed by atoms with van der Waals surface area (Å²) in [6, 6.07) is -0.338. The second-order valence-electron chi connectivity index (χ2n) is 11.5. The van der Waals surface area contributed by atoms with Crippen molar-refractivity contribution in [2.24, 2.45) is 29.1 Å². The van der Waals surface area contributed by atoms with Crippen LogP contribution in [0.4, 0.5) is 0 Å². The molecule has 1 atom stereocenters. The van der Waals surface area contributed by atoms with Crippen molar-refractivity contribution >= 4 is 11.8 Å². The summed E-state index contributed by atoms with van der Waals surface area (Å²) in [7, 11) is 0. The van der Waals surface area contributed by atoms with Crippen LogP contribution in [0.3, 0.4) is 0 Å². The number of hydrogen-bond acceptors (Lipinski definition) is 3. The summed E-state index contributed by atoms with van der Waals surface area (Å²) >= 11 is 0. The Morgan fingerprint density at radius 2 is 1.55 bits per heavy atom. The molecule has 6 nitrogen and oxygen atoms in total. The van der Waals surface area contributed by atoms with Gasteiger partial charge in [-0.2, -0.15) is 0 Å². The maximum Gasteiger partial charge on any atom is 0.243 e. The van der Waals surface area contributed by atoms with Gasteiger partial charge < -0.3 is 20.3 Å². The van der Waals surface area contributed by atoms with Gasteiger partial charge in [-0.3, -0.25) is 9.59 Å². The maximum absolute atomic E-state index is 13.6. The zero-order valence-corrected chi connectivity index (χ0v) is 19.1. The molecule has 31 heavy (non-hydrogen) atoms. The summed E-state index contributed by atoms with van der Waals surface area (Å²) in [4.78, 5) is 28.3. The number of nitrogens with one attached hydrogen (secondary N) is 3. The van der Waals surface area contributed by atoms with Crippen molar-refractivity contribution in [3.63, 3.8) is 0 Å². The van der Waals surface area contributed by atoms with Gasteiger partial charge >= 0.3 is 0 Å². The number of morpholine rings is 1. The predicted octanol–water partition coefficient (Wildman–Crippen LogP) is 1.30. The monoisotopic (exact) mass is 432 g/mol. The van der Waals surface area contributed by atoms with Gasteiger partial charge in [0.25, 0.3) is 0 Å². The Bertz CT molecular complexity index is 619. The molecular formula is C25H42N3O3+. The number of quaternary nitrogens is 1. The minimum Gasteiger partial charge on any atom is -0.370 e. The van der Waals surface area contributed by atoms with Crippen LogP contribution in [0.25, 0.3) is 0 Å². The Kier molecular flexibility index (Phi) is 6.57. The van der Waals surface area contributed by atoms with Crippen molar-refractivity contribution in [3.05, 3.63) is 0 Å². The van der Waals surface area contributed by atoms with Gasteiger partial charge in [0.05, 0.1) is 26.3 Å². The SMILES string of the molecule is O=C(N[C@@H](C(=O)NCC[NH+]1CCOCC1)C12CC3CC(CC(C3)C1)C2)C1CCCCC1. The van der Waals surface area contributed by atoms with Crippen LogP contribution in [0.15, 0.2) is 0 Å². The third-order valence-electron chi connectivity index (χ3n) is 9.20. The molecule has 0 unspecified atom stereocenters. The zero-order chi connectivity index (χ0) is 21.3. The molecule has 1 aliphatic heterocycles. The minimum atomic E-state index is -0.338. The van der Waals surface area contributed by atoms with E-state index in [2.05, 4.69) is 10.6 Å². The highest BCUT2D eigenvalue weighted by Crippen LogP contribution is 2.61. The van der Waals surface area contributed by atoms with E-state index in [1.807, 2.05) is 0 Å². The highest BCUT2D eigenvalue weighted by atomic mass is 16.5. The normalized spacial score (nSPS) is 36.8. The van der Waals surface area contributed by atoms with Crippen LogP contribution in [-0.4, -0.2) is 57.2 Å². The Morgan fingerprint density at radius 1 is 0.935 bits per heavy atom. The maximum atomic E-state index is 13.6. The molecule has 0 spiro atoms. The summed E-state index contributed by atoms with van der Waals surface area (Å²) in [5.41, 5.74) is -0.00498. The van der Waals surface area contributed by atoms with Crippen LogP contribution in [0.2, 0.25) is 0 Å². The molecule has 1 heterocycles. The van der Waals surface area contributed by atoms with Gasteiger partial charge in [0.1, 0.15) is 19.1 Å². The molecule has 5 saturated carbocycles. The first-order valence-corrected chi connectivity index (χ1v) is 13.1. The lowest BCUT2D eigenvalue weighted by atomic mass is 9.47. The minimum absolute atomic E-state index is 0.00498. The average molecular weight is 433 g/mol. The summed E-state index contributed by atoms with van der Waals surface area (Å²) in [5.74, 6) is 2.65. The molecule has 4 bridgehead atoms. The first kappa shape index (κ1) is 21.7. The number of hydrogen-bond donors (Lipinski definition) is 3. The van der Waals surface area contributed by atoms with Gasteiger partial charge in [-0.1, -0.05) is 19.3 Å². The van der Waals surface area contributed by atoms with Gasteiger partial charge in [0, 0.05) is 11.3 Å². The van der Waals surface area contributed by atoms with Crippen molar-refractivity contribution in [2.45, 2.75) is 76.7 Å². The molecule has 0 aromatic heterocycles. The topological polar surface area (TPSA) is 71.9 Å². The van der Waals surface area contributed by atoms with Gasteiger partial charge in [0.15, 0.2) is 0 Å². The molecule has 1 saturated heterocycles. The third kappa shape index (κ3) is 4.80. The van der Waals surface area contributed by atoms with Crippen LogP contribution in [-0.2, 0) is 14.3 Å². The molecule has 6 fully saturated rings. The average Bonchev–Trinajstić information content (AvgIpc) is 2.77. The molecule has 174 valence electrons. The molecule has 0 radical (unpaired) electrons. The summed E-state index contributed by atoms with van der Waals surface area (Å²) in [5, 5.41) is 6.60. The predicted molar refractivity (Wildman–Crippen MR) is 119 cm³/mol. The van der Waals surface area contributed by atoms with Gasteiger partial charge in [0.2, 0.25) is 11.8 Å². The lowest BCUT2D eigenvalue weighted by Gasteiger charge is -2.59. The van der Waals surface area contributed by atoms with E-state index in [1.165, 1.54) is 30.6 Å². The van der Waals surface area contributed by atoms with Crippen LogP contribution in [0.5, 0.6) is 0 Å². The van der Waals surface area contributed by atoms with Crippen molar-refractivity contribution in [1.82, 2.24) is 10.6 Å². The summed E-state index contributed by atoms with van der Waals surface area (Å²) in [6.07, 6.45) is 13.0. The van der Waals surface area contributed by atoms with Crippen molar-refractivity contribution < 1.29 is 19.2 Å². The Hall–Kier alpha value is -1.14. The van der Waals surface area contributed by atoms with E-state index >= 15 is 0 Å². The summed E-state index contributed by atoms with van der Waals surface area (Å²) in [6.45, 7) is 5.31. The lowest BCUT2D eigenvalue weighted by Crippen LogP contribution is -3.14. The quantitative estimate of drug-likeness (QED) is 0.568. The molecule has 6 heteroatoms. The fraction of sp³-hybridized carbons (Fsp3) is 0.920. The third-order valence-corrected chi connectivity index (χ3v) is 9.20. The lowest BCUT2D eigenvalue weighted by molar-refractivity contribution is -0.906. The van der Waals surface area contributed by atoms with E-state index in [0.29, 0.717) is 6.54 Å². The fourth-order valence-electron chi connectivity index (χ4n) is 8.03. The largest absolute Gasteiger partial charge is 0.370 e. The first-order chi connectivity index (χ1) is 15.1. The molecule has 6 aliphatic rings. The molecule has 2 amide bonds. The highest BCUT2D eigenvalue weighted by Gasteiger charge is 2.56. The van der Waals surface area contributed by atoms with Gasteiger partial charge in [-0.25, -0.2) is 0 Å². The van der Waals surface area contributed by atoms with E-state index in [0.717, 1.165) is 95.5 Å². The standard InChI is InChI=1S/C25H41N3O3/c29-23(21-4-2-1-3-5-21)27-22(24(30)26-6-7-28-8-10-31-11-9-28)25-15-18-12-19(16-25)14-20(13-18)17-25/h18-22H,1-17H2,(H,26,30)(H,27,29)/p+1/t18?,19?,20?,22-,25?/m0/s1. The highest BCUT2D eigenvalue weighted by molar-refractivity contribution is 5.89. The van der Waals surface area contributed by atoms with Gasteiger partial charge in [-0.05, 0) is 69.1 Å². The van der Waals surface area contributed by atoms with E-state index in [-0.39, 0.29) is 29.2 Å². The second kappa shape index (κ2) is 9.38. The van der Waals surface area contributed by atoms with E-state index in [4.69, 9.17) is 4.74 Å². The molecule has 3 N–H and O–H groups in total. The van der Waals surface area contributed by atoms with Crippen LogP contribution in [0, 0.1) is 29.1 Å². The number of carbonyl (C=O) groups excluding carboxylic acids is 2. The van der Waals surface area contributed by atoms with Crippen molar-refractivity contribution in [3.8, 4) is 0 Å². The zero-order valence-electron chi connectivity index (χ0n) is 19.1. The Labute approximate surface area is 187 Å². The van der Waals surface area contributed by atoms with Crippen LogP contribution in [0.1, 0.15) is 70.6 Å². The Balaban J connectivity index is 1.26. The second-order valence-corrected chi connectivity index (χ2v) is 11.5. The van der Waals surface area contributed by atoms with Crippen LogP contribution >= 0.6 is 0 Å². The van der Waals surface area contributed by atoms with Gasteiger partial charge in [-0.15, -0.1) is 0 Å². The smallest absolute Gasteiger partial charge is 0.243 e. The molecular weight excluding hydrogens is 390 g/mol. The van der Waals surface area contributed by atoms with Crippen LogP contribution < -0.4 is 15.5 Å². The number of ether oxygens (including phenoxy) is 1. The van der Waals surface area contributed by atoms with Crippen molar-refractivity contribution in [1.29, 1.82) is 0 Å². The number of carbonyl (C=O) groups is 2. The molecule has 6 rings (SSSR count). The number of rotatable bonds is 7. The number of amides is 2. The molecule has 0 aromatic carbocycles. The van der Waals surface area contributed by atoms with E-state index < -0.39 is 0 Å². The van der Waals surface area contributed by atoms with Crippen molar-refractivity contribution in [2.75, 3.05) is 39.4 Å².